The molecule has 65 heavy (non-hydrogen) atoms. The Hall–Kier alpha value is -4.56. The third kappa shape index (κ3) is 10.2. The Bertz CT molecular complexity index is 2420. The van der Waals surface area contributed by atoms with Gasteiger partial charge in [0.2, 0.25) is 0 Å². The number of halogens is 1. The predicted octanol–water partition coefficient (Wildman–Crippen LogP) is 15.7. The van der Waals surface area contributed by atoms with Crippen molar-refractivity contribution in [3.8, 4) is 0 Å². The van der Waals surface area contributed by atoms with Crippen molar-refractivity contribution in [3.05, 3.63) is 221 Å². The van der Waals surface area contributed by atoms with Gasteiger partial charge in [-0.15, -0.1) is 10.8 Å². The van der Waals surface area contributed by atoms with Gasteiger partial charge in [-0.3, -0.25) is 0 Å². The van der Waals surface area contributed by atoms with Crippen molar-refractivity contribution in [2.45, 2.75) is 130 Å². The Balaban J connectivity index is 0.000000148. The van der Waals surface area contributed by atoms with Crippen LogP contribution in [0.5, 0.6) is 0 Å². The van der Waals surface area contributed by atoms with Gasteiger partial charge in [0.25, 0.3) is 0 Å². The zero-order valence-corrected chi connectivity index (χ0v) is 43.0. The first-order valence-corrected chi connectivity index (χ1v) is 26.9. The molecule has 4 heteroatoms. The molecule has 9 rings (SSSR count). The molecule has 0 spiro atoms. The van der Waals surface area contributed by atoms with Crippen LogP contribution in [0.15, 0.2) is 158 Å². The van der Waals surface area contributed by atoms with Crippen LogP contribution in [-0.2, 0) is 52.2 Å². The Labute approximate surface area is 404 Å². The monoisotopic (exact) mass is 967 g/mol. The van der Waals surface area contributed by atoms with Crippen LogP contribution in [0.25, 0.3) is 5.57 Å². The summed E-state index contributed by atoms with van der Waals surface area (Å²) in [5.41, 5.74) is 17.1. The molecule has 0 bridgehead atoms. The number of anilines is 2. The third-order valence-corrected chi connectivity index (χ3v) is 15.8. The van der Waals surface area contributed by atoms with Crippen molar-refractivity contribution >= 4 is 30.7 Å². The molecular formula is C61H70ClN2Ru-2. The number of rotatable bonds is 9. The summed E-state index contributed by atoms with van der Waals surface area (Å²) >= 11 is -0.218. The van der Waals surface area contributed by atoms with Crippen LogP contribution in [-0.4, -0.2) is 15.2 Å². The van der Waals surface area contributed by atoms with Gasteiger partial charge in [-0.05, 0) is 88.5 Å². The molecule has 2 aliphatic heterocycles. The second-order valence-electron chi connectivity index (χ2n) is 19.7. The average molecular weight is 968 g/mol. The summed E-state index contributed by atoms with van der Waals surface area (Å²) in [4.78, 5) is 5.13. The minimum atomic E-state index is -0.218. The van der Waals surface area contributed by atoms with Gasteiger partial charge in [0.1, 0.15) is 0 Å². The van der Waals surface area contributed by atoms with Crippen molar-refractivity contribution in [2.24, 2.45) is 0 Å². The number of allylic oxidation sites excluding steroid dienone is 1. The van der Waals surface area contributed by atoms with E-state index in [-0.39, 0.29) is 37.6 Å². The topological polar surface area (TPSA) is 6.48 Å². The predicted molar refractivity (Wildman–Crippen MR) is 279 cm³/mol. The van der Waals surface area contributed by atoms with Crippen molar-refractivity contribution in [2.75, 3.05) is 9.80 Å². The molecule has 2 atom stereocenters. The summed E-state index contributed by atoms with van der Waals surface area (Å²) in [5.74, 6) is 0. The zero-order chi connectivity index (χ0) is 46.4. The van der Waals surface area contributed by atoms with Crippen molar-refractivity contribution in [3.63, 3.8) is 0 Å². The number of nitrogens with zero attached hydrogens (tertiary/aromatic N) is 2. The van der Waals surface area contributed by atoms with E-state index in [1.165, 1.54) is 71.1 Å². The molecule has 2 saturated heterocycles. The molecule has 6 aromatic rings. The first-order valence-electron chi connectivity index (χ1n) is 23.8. The molecular weight excluding hydrogens is 897 g/mol. The van der Waals surface area contributed by atoms with Crippen LogP contribution in [0.1, 0.15) is 132 Å². The molecule has 0 saturated carbocycles. The second kappa shape index (κ2) is 20.5. The Morgan fingerprint density at radius 1 is 0.462 bits per heavy atom. The molecule has 341 valence electrons. The summed E-state index contributed by atoms with van der Waals surface area (Å²) in [7, 11) is 6.10. The standard InChI is InChI=1S/2C23H30N.C15H10.ClH.Ru/c2*1-6-18-12-11-13-19(7-2)21(18)24-17-23(5,16-22(24,3)4)20-14-9-8-10-15-20;1-2-6-12(7-3-1)15-11-10-13-8-4-5-9-14(13)15;;/h2*8-15,17H,6-7,16H2,1-5H3;1-9,11H;1H;/q2*-1;;;+1/p-1. The summed E-state index contributed by atoms with van der Waals surface area (Å²) < 4.78 is 1.30. The molecule has 2 unspecified atom stereocenters. The summed E-state index contributed by atoms with van der Waals surface area (Å²) in [6.45, 7) is 28.3. The minimum absolute atomic E-state index is 0.0800. The summed E-state index contributed by atoms with van der Waals surface area (Å²) in [6, 6.07) is 54.5. The quantitative estimate of drug-likeness (QED) is 0.105. The molecule has 0 radical (unpaired) electrons. The summed E-state index contributed by atoms with van der Waals surface area (Å²) in [5, 5.41) is 0. The van der Waals surface area contributed by atoms with Crippen molar-refractivity contribution < 1.29 is 15.7 Å². The number of benzene rings is 6. The number of hydrogen-bond donors (Lipinski definition) is 0. The Kier molecular flexibility index (Phi) is 15.3. The first kappa shape index (κ1) is 48.4. The molecule has 2 nitrogen and oxygen atoms in total. The third-order valence-electron chi connectivity index (χ3n) is 13.9. The van der Waals surface area contributed by atoms with E-state index in [9.17, 15) is 0 Å². The van der Waals surface area contributed by atoms with E-state index in [4.69, 9.17) is 9.69 Å². The van der Waals surface area contributed by atoms with Crippen molar-refractivity contribution in [1.82, 2.24) is 0 Å². The van der Waals surface area contributed by atoms with Gasteiger partial charge in [-0.1, -0.05) is 150 Å². The van der Waals surface area contributed by atoms with Gasteiger partial charge in [-0.25, -0.2) is 13.1 Å². The molecule has 1 aliphatic carbocycles. The van der Waals surface area contributed by atoms with Crippen molar-refractivity contribution in [1.29, 1.82) is 0 Å². The number of fused-ring (bicyclic) bond motifs is 1. The Morgan fingerprint density at radius 2 is 0.815 bits per heavy atom. The average Bonchev–Trinajstić information content (AvgIpc) is 3.93. The van der Waals surface area contributed by atoms with E-state index in [0.29, 0.717) is 0 Å². The van der Waals surface area contributed by atoms with Crippen LogP contribution in [0.4, 0.5) is 11.4 Å². The van der Waals surface area contributed by atoms with Crippen LogP contribution >= 0.6 is 9.69 Å². The SMILES string of the molecule is CCc1cccc(CC)c1N1[CH-]C(C)(c2ccccc2)CC1(C)C.CCc1cccc(CC)c1N1[CH-]C(C)(c2ccccc2)CC1(C)C.[Cl][Ru]=[C]1C=C(c2ccccc2)c2ccccc21. The summed E-state index contributed by atoms with van der Waals surface area (Å²) in [6.07, 6.45) is 8.80. The molecule has 3 aliphatic rings. The van der Waals surface area contributed by atoms with E-state index in [0.717, 1.165) is 38.5 Å². The number of aryl methyl sites for hydroxylation is 4. The van der Waals surface area contributed by atoms with E-state index in [1.54, 1.807) is 0 Å². The van der Waals surface area contributed by atoms with Crippen LogP contribution in [0, 0.1) is 13.1 Å². The fourth-order valence-corrected chi connectivity index (χ4v) is 12.4. The molecule has 0 amide bonds. The van der Waals surface area contributed by atoms with Gasteiger partial charge in [0, 0.05) is 22.5 Å². The fourth-order valence-electron chi connectivity index (χ4n) is 10.9. The van der Waals surface area contributed by atoms with Gasteiger partial charge in [0.15, 0.2) is 0 Å². The van der Waals surface area contributed by atoms with Crippen LogP contribution in [0.3, 0.4) is 0 Å². The normalized spacial score (nSPS) is 21.1. The van der Waals surface area contributed by atoms with E-state index in [1.807, 2.05) is 6.07 Å². The maximum atomic E-state index is 6.10. The van der Waals surface area contributed by atoms with Gasteiger partial charge in [-0.2, -0.15) is 0 Å². The number of hydrogen-bond acceptors (Lipinski definition) is 2. The molecule has 2 fully saturated rings. The van der Waals surface area contributed by atoms with Crippen LogP contribution < -0.4 is 9.80 Å². The number of para-hydroxylation sites is 2. The van der Waals surface area contributed by atoms with E-state index in [2.05, 4.69) is 244 Å². The molecule has 0 aromatic heterocycles. The molecule has 2 heterocycles. The van der Waals surface area contributed by atoms with Gasteiger partial charge < -0.3 is 9.80 Å². The van der Waals surface area contributed by atoms with E-state index >= 15 is 0 Å². The fraction of sp³-hybridized carbons (Fsp3) is 0.328. The van der Waals surface area contributed by atoms with Gasteiger partial charge >= 0.3 is 112 Å². The molecule has 0 N–H and O–H groups in total. The second-order valence-corrected chi connectivity index (χ2v) is 21.7. The first-order chi connectivity index (χ1) is 31.2. The van der Waals surface area contributed by atoms with E-state index < -0.39 is 0 Å². The van der Waals surface area contributed by atoms with Crippen LogP contribution in [0.2, 0.25) is 0 Å². The maximum absolute atomic E-state index is 6.10. The zero-order valence-electron chi connectivity index (χ0n) is 40.5. The molecule has 6 aromatic carbocycles. The Morgan fingerprint density at radius 3 is 1.18 bits per heavy atom. The van der Waals surface area contributed by atoms with Gasteiger partial charge in [0.05, 0.1) is 0 Å².